The average Bonchev–Trinajstić information content (AvgIpc) is 3.00. The summed E-state index contributed by atoms with van der Waals surface area (Å²) in [4.78, 5) is 40.0. The molecule has 42 heavy (non-hydrogen) atoms. The highest BCUT2D eigenvalue weighted by atomic mass is 35.5. The van der Waals surface area contributed by atoms with Crippen molar-refractivity contribution in [3.63, 3.8) is 0 Å². The quantitative estimate of drug-likeness (QED) is 0.367. The Morgan fingerprint density at radius 3 is 2.48 bits per heavy atom. The molecule has 1 unspecified atom stereocenters. The van der Waals surface area contributed by atoms with Gasteiger partial charge >= 0.3 is 0 Å². The molecule has 2 aliphatic rings. The number of nitrogens with one attached hydrogen (secondary N) is 1. The Kier molecular flexibility index (Phi) is 9.14. The van der Waals surface area contributed by atoms with E-state index >= 15 is 0 Å². The molecular formula is C31H34ClN5O5. The van der Waals surface area contributed by atoms with Crippen molar-refractivity contribution in [3.05, 3.63) is 71.8 Å². The highest BCUT2D eigenvalue weighted by Crippen LogP contribution is 2.39. The molecule has 2 heterocycles. The second kappa shape index (κ2) is 13.1. The number of halogens is 1. The third-order valence-electron chi connectivity index (χ3n) is 7.06. The molecule has 3 aromatic rings. The van der Waals surface area contributed by atoms with Gasteiger partial charge in [0.05, 0.1) is 12.6 Å². The van der Waals surface area contributed by atoms with Gasteiger partial charge in [-0.15, -0.1) is 0 Å². The third-order valence-corrected chi connectivity index (χ3v) is 7.31. The van der Waals surface area contributed by atoms with Gasteiger partial charge in [-0.05, 0) is 62.4 Å². The summed E-state index contributed by atoms with van der Waals surface area (Å²) in [5.41, 5.74) is 1.99. The number of anilines is 2. The number of hydroxylamine groups is 1. The Hall–Kier alpha value is -4.28. The minimum absolute atomic E-state index is 0.0308. The molecule has 0 spiro atoms. The molecule has 5 rings (SSSR count). The summed E-state index contributed by atoms with van der Waals surface area (Å²) < 4.78 is 11.6. The number of carbonyl (C=O) groups excluding carboxylic acids is 2. The van der Waals surface area contributed by atoms with E-state index in [0.717, 1.165) is 0 Å². The van der Waals surface area contributed by atoms with E-state index in [4.69, 9.17) is 30.9 Å². The van der Waals surface area contributed by atoms with E-state index < -0.39 is 0 Å². The summed E-state index contributed by atoms with van der Waals surface area (Å²) in [5.74, 6) is 2.24. The summed E-state index contributed by atoms with van der Waals surface area (Å²) in [6.45, 7) is 8.37. The number of nitrogens with zero attached hydrogens (tertiary/aromatic N) is 4. The lowest BCUT2D eigenvalue weighted by Gasteiger charge is -2.41. The zero-order valence-corrected chi connectivity index (χ0v) is 24.6. The van der Waals surface area contributed by atoms with Gasteiger partial charge < -0.3 is 24.5 Å². The fraction of sp³-hybridized carbons (Fsp3) is 0.323. The average molecular weight is 592 g/mol. The van der Waals surface area contributed by atoms with Gasteiger partial charge in [0.1, 0.15) is 22.9 Å². The first-order valence-electron chi connectivity index (χ1n) is 13.9. The fourth-order valence-electron chi connectivity index (χ4n) is 4.90. The van der Waals surface area contributed by atoms with Gasteiger partial charge in [0, 0.05) is 49.9 Å². The molecule has 1 saturated heterocycles. The van der Waals surface area contributed by atoms with E-state index in [1.54, 1.807) is 41.5 Å². The minimum Gasteiger partial charge on any atom is -0.492 e. The molecule has 0 radical (unpaired) electrons. The van der Waals surface area contributed by atoms with Crippen molar-refractivity contribution in [1.82, 2.24) is 9.80 Å². The van der Waals surface area contributed by atoms with Gasteiger partial charge in [-0.2, -0.15) is 5.06 Å². The molecule has 0 aliphatic carbocycles. The molecule has 2 aliphatic heterocycles. The number of piperazine rings is 1. The molecule has 11 heteroatoms. The lowest BCUT2D eigenvalue weighted by atomic mass is 10.1. The van der Waals surface area contributed by atoms with Gasteiger partial charge in [-0.25, -0.2) is 4.99 Å². The third kappa shape index (κ3) is 6.78. The van der Waals surface area contributed by atoms with Gasteiger partial charge in [0.2, 0.25) is 5.91 Å². The highest BCUT2D eigenvalue weighted by Gasteiger charge is 2.34. The van der Waals surface area contributed by atoms with Crippen molar-refractivity contribution in [1.29, 1.82) is 0 Å². The molecule has 1 fully saturated rings. The summed E-state index contributed by atoms with van der Waals surface area (Å²) in [7, 11) is 0. The van der Waals surface area contributed by atoms with E-state index in [-0.39, 0.29) is 24.5 Å². The molecule has 220 valence electrons. The lowest BCUT2D eigenvalue weighted by molar-refractivity contribution is -0.135. The number of para-hydroxylation sites is 2. The van der Waals surface area contributed by atoms with Gasteiger partial charge in [-0.1, -0.05) is 23.7 Å². The largest absolute Gasteiger partial charge is 0.492 e. The van der Waals surface area contributed by atoms with Crippen LogP contribution in [0.5, 0.6) is 17.2 Å². The van der Waals surface area contributed by atoms with E-state index in [2.05, 4.69) is 17.1 Å². The molecule has 0 saturated carbocycles. The van der Waals surface area contributed by atoms with Gasteiger partial charge in [0.25, 0.3) is 5.91 Å². The summed E-state index contributed by atoms with van der Waals surface area (Å²) >= 11 is 5.93. The van der Waals surface area contributed by atoms with Crippen LogP contribution in [0.25, 0.3) is 0 Å². The number of hydrogen-bond donors (Lipinski definition) is 1. The number of amides is 2. The maximum Gasteiger partial charge on any atom is 0.260 e. The van der Waals surface area contributed by atoms with E-state index in [9.17, 15) is 9.59 Å². The van der Waals surface area contributed by atoms with Crippen molar-refractivity contribution in [3.8, 4) is 17.2 Å². The number of hydrogen-bond acceptors (Lipinski definition) is 8. The first kappa shape index (κ1) is 29.2. The number of carbonyl (C=O) groups is 2. The number of fused-ring (bicyclic) bond motifs is 1. The Bertz CT molecular complexity index is 1460. The molecule has 10 nitrogen and oxygen atoms in total. The van der Waals surface area contributed by atoms with Crippen LogP contribution in [0.15, 0.2) is 71.7 Å². The van der Waals surface area contributed by atoms with Gasteiger partial charge in [-0.3, -0.25) is 14.5 Å². The molecule has 1 N–H and O–H groups in total. The second-order valence-electron chi connectivity index (χ2n) is 9.96. The Labute approximate surface area is 250 Å². The predicted molar refractivity (Wildman–Crippen MR) is 163 cm³/mol. The minimum atomic E-state index is -0.170. The standard InChI is InChI=1S/C31H34ClN5O5/c1-4-40-28-8-6-5-7-27(28)37-31(34-26-14-11-24(33-22(3)38)19-29(26)42-37)21(2)35-15-17-36(18-16-35)30(39)20-41-25-12-9-23(32)10-13-25/h5-14,19,21H,4,15-18,20H2,1-3H3,(H,33,38). The van der Waals surface area contributed by atoms with Crippen LogP contribution in [-0.2, 0) is 9.59 Å². The Balaban J connectivity index is 1.33. The fourth-order valence-corrected chi connectivity index (χ4v) is 5.03. The summed E-state index contributed by atoms with van der Waals surface area (Å²) in [6.07, 6.45) is 0. The predicted octanol–water partition coefficient (Wildman–Crippen LogP) is 5.15. The second-order valence-corrected chi connectivity index (χ2v) is 10.4. The highest BCUT2D eigenvalue weighted by molar-refractivity contribution is 6.30. The zero-order valence-electron chi connectivity index (χ0n) is 23.9. The van der Waals surface area contributed by atoms with E-state index in [1.807, 2.05) is 42.2 Å². The van der Waals surface area contributed by atoms with Crippen LogP contribution in [0.4, 0.5) is 17.1 Å². The summed E-state index contributed by atoms with van der Waals surface area (Å²) in [5, 5.41) is 5.11. The van der Waals surface area contributed by atoms with Crippen molar-refractivity contribution < 1.29 is 23.9 Å². The zero-order chi connectivity index (χ0) is 29.6. The molecule has 0 aromatic heterocycles. The van der Waals surface area contributed by atoms with E-state index in [1.165, 1.54) is 6.92 Å². The van der Waals surface area contributed by atoms with Gasteiger partial charge in [0.15, 0.2) is 18.2 Å². The molecule has 3 aromatic carbocycles. The number of ether oxygens (including phenoxy) is 2. The van der Waals surface area contributed by atoms with Crippen LogP contribution >= 0.6 is 11.6 Å². The van der Waals surface area contributed by atoms with Crippen LogP contribution in [0.1, 0.15) is 20.8 Å². The normalized spacial score (nSPS) is 15.7. The number of benzene rings is 3. The van der Waals surface area contributed by atoms with Crippen molar-refractivity contribution in [2.24, 2.45) is 4.99 Å². The number of aliphatic imine (C=N–C) groups is 1. The van der Waals surface area contributed by atoms with Crippen LogP contribution in [-0.4, -0.2) is 72.9 Å². The van der Waals surface area contributed by atoms with Crippen molar-refractivity contribution in [2.45, 2.75) is 26.8 Å². The van der Waals surface area contributed by atoms with Crippen molar-refractivity contribution >= 4 is 46.3 Å². The van der Waals surface area contributed by atoms with Crippen LogP contribution in [0.2, 0.25) is 5.02 Å². The molecule has 2 amide bonds. The number of amidine groups is 1. The topological polar surface area (TPSA) is 95.9 Å². The molecule has 0 bridgehead atoms. The summed E-state index contributed by atoms with van der Waals surface area (Å²) in [6, 6.07) is 19.8. The maximum atomic E-state index is 12.8. The SMILES string of the molecule is CCOc1ccccc1N1Oc2cc(NC(C)=O)ccc2N=C1C(C)N1CCN(C(=O)COc2ccc(Cl)cc2)CC1. The molecule has 1 atom stereocenters. The lowest BCUT2D eigenvalue weighted by Crippen LogP contribution is -2.57. The monoisotopic (exact) mass is 591 g/mol. The number of rotatable bonds is 9. The van der Waals surface area contributed by atoms with Crippen LogP contribution in [0, 0.1) is 0 Å². The van der Waals surface area contributed by atoms with Crippen LogP contribution in [0.3, 0.4) is 0 Å². The smallest absolute Gasteiger partial charge is 0.260 e. The molecular weight excluding hydrogens is 558 g/mol. The van der Waals surface area contributed by atoms with E-state index in [0.29, 0.717) is 78.0 Å². The van der Waals surface area contributed by atoms with Crippen LogP contribution < -0.4 is 24.7 Å². The first-order valence-corrected chi connectivity index (χ1v) is 14.3. The van der Waals surface area contributed by atoms with Crippen molar-refractivity contribution in [2.75, 3.05) is 49.8 Å². The first-order chi connectivity index (χ1) is 20.3. The maximum absolute atomic E-state index is 12.8. The Morgan fingerprint density at radius 1 is 1.02 bits per heavy atom. The Morgan fingerprint density at radius 2 is 1.76 bits per heavy atom.